The van der Waals surface area contributed by atoms with E-state index in [9.17, 15) is 0 Å². The fourth-order valence-corrected chi connectivity index (χ4v) is 1.53. The van der Waals surface area contributed by atoms with Gasteiger partial charge in [-0.05, 0) is 24.1 Å². The number of nitrogen functional groups attached to an aromatic ring is 1. The van der Waals surface area contributed by atoms with Crippen LogP contribution in [0.3, 0.4) is 0 Å². The number of rotatable bonds is 4. The first-order valence-electron chi connectivity index (χ1n) is 5.49. The molecule has 0 radical (unpaired) electrons. The minimum Gasteiger partial charge on any atom is -0.437 e. The molecule has 2 rings (SSSR count). The first kappa shape index (κ1) is 12.6. The molecule has 3 N–H and O–H groups in total. The number of nitrogens with zero attached hydrogens (tertiary/aromatic N) is 2. The van der Waals surface area contributed by atoms with E-state index in [2.05, 4.69) is 22.3 Å². The standard InChI is InChI=1S/C12H13ClN4O/c1-2-8-3-5-9(6-4-8)18-11-10(13)7-15-12(16-11)17-14/h3-7H,2,14H2,1H3,(H,15,16,17). The summed E-state index contributed by atoms with van der Waals surface area (Å²) in [4.78, 5) is 7.89. The summed E-state index contributed by atoms with van der Waals surface area (Å²) in [6.45, 7) is 2.09. The molecule has 2 aromatic rings. The summed E-state index contributed by atoms with van der Waals surface area (Å²) in [7, 11) is 0. The van der Waals surface area contributed by atoms with E-state index in [1.807, 2.05) is 24.3 Å². The number of hydrogen-bond donors (Lipinski definition) is 2. The first-order valence-corrected chi connectivity index (χ1v) is 5.86. The molecule has 0 spiro atoms. The number of nitrogens with one attached hydrogen (secondary N) is 1. The van der Waals surface area contributed by atoms with Gasteiger partial charge in [0.25, 0.3) is 0 Å². The minimum absolute atomic E-state index is 0.250. The lowest BCUT2D eigenvalue weighted by Crippen LogP contribution is -2.10. The van der Waals surface area contributed by atoms with Gasteiger partial charge in [0.05, 0.1) is 6.20 Å². The number of anilines is 1. The average molecular weight is 265 g/mol. The number of benzene rings is 1. The smallest absolute Gasteiger partial charge is 0.243 e. The van der Waals surface area contributed by atoms with Crippen LogP contribution in [0.25, 0.3) is 0 Å². The van der Waals surface area contributed by atoms with E-state index in [4.69, 9.17) is 22.2 Å². The van der Waals surface area contributed by atoms with Crippen LogP contribution in [0.2, 0.25) is 5.02 Å². The number of nitrogens with two attached hydrogens (primary N) is 1. The highest BCUT2D eigenvalue weighted by atomic mass is 35.5. The monoisotopic (exact) mass is 264 g/mol. The van der Waals surface area contributed by atoms with Crippen LogP contribution in [0, 0.1) is 0 Å². The first-order chi connectivity index (χ1) is 8.72. The molecule has 94 valence electrons. The maximum atomic E-state index is 5.94. The minimum atomic E-state index is 0.250. The van der Waals surface area contributed by atoms with Gasteiger partial charge in [-0.15, -0.1) is 0 Å². The van der Waals surface area contributed by atoms with Crippen molar-refractivity contribution in [1.82, 2.24) is 9.97 Å². The highest BCUT2D eigenvalue weighted by Gasteiger charge is 2.07. The Morgan fingerprint density at radius 2 is 2.06 bits per heavy atom. The zero-order valence-corrected chi connectivity index (χ0v) is 10.6. The third kappa shape index (κ3) is 2.88. The number of aromatic nitrogens is 2. The van der Waals surface area contributed by atoms with Crippen molar-refractivity contribution < 1.29 is 4.74 Å². The van der Waals surface area contributed by atoms with Gasteiger partial charge >= 0.3 is 0 Å². The molecule has 0 bridgehead atoms. The van der Waals surface area contributed by atoms with Gasteiger partial charge in [-0.3, -0.25) is 5.43 Å². The molecule has 0 saturated carbocycles. The topological polar surface area (TPSA) is 73.1 Å². The molecule has 0 saturated heterocycles. The summed E-state index contributed by atoms with van der Waals surface area (Å²) in [5.41, 5.74) is 3.57. The third-order valence-electron chi connectivity index (χ3n) is 2.39. The lowest BCUT2D eigenvalue weighted by atomic mass is 10.2. The van der Waals surface area contributed by atoms with Crippen molar-refractivity contribution in [2.45, 2.75) is 13.3 Å². The Balaban J connectivity index is 2.21. The second-order valence-electron chi connectivity index (χ2n) is 3.59. The molecule has 0 fully saturated rings. The van der Waals surface area contributed by atoms with Gasteiger partial charge < -0.3 is 4.74 Å². The van der Waals surface area contributed by atoms with E-state index in [1.54, 1.807) is 0 Å². The van der Waals surface area contributed by atoms with Crippen molar-refractivity contribution in [2.24, 2.45) is 5.84 Å². The molecular formula is C12H13ClN4O. The molecule has 0 unspecified atom stereocenters. The van der Waals surface area contributed by atoms with E-state index in [0.717, 1.165) is 6.42 Å². The van der Waals surface area contributed by atoms with Gasteiger partial charge in [-0.1, -0.05) is 30.7 Å². The fourth-order valence-electron chi connectivity index (χ4n) is 1.40. The molecular weight excluding hydrogens is 252 g/mol. The largest absolute Gasteiger partial charge is 0.437 e. The van der Waals surface area contributed by atoms with E-state index < -0.39 is 0 Å². The van der Waals surface area contributed by atoms with Crippen molar-refractivity contribution >= 4 is 17.5 Å². The maximum absolute atomic E-state index is 5.94. The Kier molecular flexibility index (Phi) is 3.96. The molecule has 0 atom stereocenters. The Hall–Kier alpha value is -1.85. The van der Waals surface area contributed by atoms with Crippen LogP contribution in [-0.4, -0.2) is 9.97 Å². The highest BCUT2D eigenvalue weighted by Crippen LogP contribution is 2.27. The predicted molar refractivity (Wildman–Crippen MR) is 70.7 cm³/mol. The number of halogens is 1. The molecule has 6 heteroatoms. The molecule has 0 aliphatic rings. The van der Waals surface area contributed by atoms with Gasteiger partial charge in [-0.2, -0.15) is 4.98 Å². The summed E-state index contributed by atoms with van der Waals surface area (Å²) in [5.74, 6) is 6.41. The van der Waals surface area contributed by atoms with Crippen molar-refractivity contribution in [1.29, 1.82) is 0 Å². The SMILES string of the molecule is CCc1ccc(Oc2nc(NN)ncc2Cl)cc1. The predicted octanol–water partition coefficient (Wildman–Crippen LogP) is 2.77. The van der Waals surface area contributed by atoms with Gasteiger partial charge in [0, 0.05) is 0 Å². The summed E-state index contributed by atoms with van der Waals surface area (Å²) in [6, 6.07) is 7.72. The summed E-state index contributed by atoms with van der Waals surface area (Å²) < 4.78 is 5.57. The van der Waals surface area contributed by atoms with E-state index in [1.165, 1.54) is 11.8 Å². The Labute approximate surface area is 110 Å². The quantitative estimate of drug-likeness (QED) is 0.656. The van der Waals surface area contributed by atoms with Crippen LogP contribution in [0.1, 0.15) is 12.5 Å². The summed E-state index contributed by atoms with van der Waals surface area (Å²) in [5, 5.41) is 0.327. The number of aryl methyl sites for hydroxylation is 1. The van der Waals surface area contributed by atoms with Crippen LogP contribution in [0.5, 0.6) is 11.6 Å². The molecule has 0 aliphatic heterocycles. The number of hydrazine groups is 1. The van der Waals surface area contributed by atoms with Crippen LogP contribution < -0.4 is 16.0 Å². The van der Waals surface area contributed by atoms with Crippen molar-refractivity contribution in [3.05, 3.63) is 41.0 Å². The van der Waals surface area contributed by atoms with Gasteiger partial charge in [-0.25, -0.2) is 10.8 Å². The van der Waals surface area contributed by atoms with Gasteiger partial charge in [0.1, 0.15) is 10.8 Å². The van der Waals surface area contributed by atoms with Gasteiger partial charge in [0.2, 0.25) is 11.8 Å². The lowest BCUT2D eigenvalue weighted by Gasteiger charge is -2.08. The molecule has 0 aliphatic carbocycles. The zero-order chi connectivity index (χ0) is 13.0. The molecule has 5 nitrogen and oxygen atoms in total. The van der Waals surface area contributed by atoms with Crippen LogP contribution in [0.15, 0.2) is 30.5 Å². The molecule has 1 aromatic heterocycles. The van der Waals surface area contributed by atoms with E-state index >= 15 is 0 Å². The van der Waals surface area contributed by atoms with Crippen LogP contribution in [0.4, 0.5) is 5.95 Å². The van der Waals surface area contributed by atoms with Crippen molar-refractivity contribution in [3.8, 4) is 11.6 Å². The van der Waals surface area contributed by atoms with Gasteiger partial charge in [0.15, 0.2) is 0 Å². The second kappa shape index (κ2) is 5.66. The summed E-state index contributed by atoms with van der Waals surface area (Å²) in [6.07, 6.45) is 2.41. The van der Waals surface area contributed by atoms with E-state index in [-0.39, 0.29) is 11.8 Å². The molecule has 1 aromatic carbocycles. The Morgan fingerprint density at radius 1 is 1.33 bits per heavy atom. The average Bonchev–Trinajstić information content (AvgIpc) is 2.42. The van der Waals surface area contributed by atoms with Crippen molar-refractivity contribution in [2.75, 3.05) is 5.43 Å². The highest BCUT2D eigenvalue weighted by molar-refractivity contribution is 6.31. The summed E-state index contributed by atoms with van der Waals surface area (Å²) >= 11 is 5.94. The maximum Gasteiger partial charge on any atom is 0.243 e. The Bertz CT molecular complexity index is 530. The Morgan fingerprint density at radius 3 is 2.67 bits per heavy atom. The molecule has 0 amide bonds. The zero-order valence-electron chi connectivity index (χ0n) is 9.85. The van der Waals surface area contributed by atoms with E-state index in [0.29, 0.717) is 10.8 Å². The number of ether oxygens (including phenoxy) is 1. The van der Waals surface area contributed by atoms with Crippen LogP contribution >= 0.6 is 11.6 Å². The second-order valence-corrected chi connectivity index (χ2v) is 4.00. The third-order valence-corrected chi connectivity index (χ3v) is 2.65. The number of hydrogen-bond acceptors (Lipinski definition) is 5. The van der Waals surface area contributed by atoms with Crippen LogP contribution in [-0.2, 0) is 6.42 Å². The fraction of sp³-hybridized carbons (Fsp3) is 0.167. The lowest BCUT2D eigenvalue weighted by molar-refractivity contribution is 0.462. The molecule has 1 heterocycles. The molecule has 18 heavy (non-hydrogen) atoms. The van der Waals surface area contributed by atoms with Crippen molar-refractivity contribution in [3.63, 3.8) is 0 Å². The normalized spacial score (nSPS) is 10.2.